The van der Waals surface area contributed by atoms with Gasteiger partial charge in [-0.25, -0.2) is 0 Å². The molecule has 23 heavy (non-hydrogen) atoms. The van der Waals surface area contributed by atoms with Crippen LogP contribution in [0.3, 0.4) is 0 Å². The van der Waals surface area contributed by atoms with E-state index in [1.54, 1.807) is 0 Å². The summed E-state index contributed by atoms with van der Waals surface area (Å²) >= 11 is 4.75. The Labute approximate surface area is 139 Å². The van der Waals surface area contributed by atoms with Crippen LogP contribution >= 0.6 is 12.6 Å². The molecule has 0 aromatic heterocycles. The molecule has 0 aliphatic carbocycles. The monoisotopic (exact) mass is 310 g/mol. The molecule has 0 bridgehead atoms. The second kappa shape index (κ2) is 4.74. The topological polar surface area (TPSA) is 0 Å². The van der Waals surface area contributed by atoms with Gasteiger partial charge in [-0.2, -0.15) is 0 Å². The first-order valence-corrected chi connectivity index (χ1v) is 8.22. The van der Waals surface area contributed by atoms with Crippen LogP contribution in [-0.2, 0) is 0 Å². The first kappa shape index (κ1) is 13.0. The van der Waals surface area contributed by atoms with Crippen molar-refractivity contribution < 1.29 is 0 Å². The molecule has 5 aromatic rings. The van der Waals surface area contributed by atoms with E-state index in [9.17, 15) is 0 Å². The Morgan fingerprint density at radius 3 is 1.78 bits per heavy atom. The van der Waals surface area contributed by atoms with Crippen LogP contribution < -0.4 is 0 Å². The summed E-state index contributed by atoms with van der Waals surface area (Å²) < 4.78 is 0. The minimum absolute atomic E-state index is 1.04. The predicted molar refractivity (Wildman–Crippen MR) is 104 cm³/mol. The first-order valence-electron chi connectivity index (χ1n) is 7.78. The van der Waals surface area contributed by atoms with E-state index < -0.39 is 0 Å². The number of hydrogen-bond donors (Lipinski definition) is 1. The Morgan fingerprint density at radius 1 is 0.478 bits per heavy atom. The molecule has 1 heteroatoms. The van der Waals surface area contributed by atoms with Crippen molar-refractivity contribution in [2.24, 2.45) is 0 Å². The van der Waals surface area contributed by atoms with E-state index in [2.05, 4.69) is 78.9 Å². The largest absolute Gasteiger partial charge is 0.143 e. The third kappa shape index (κ3) is 1.80. The van der Waals surface area contributed by atoms with Crippen LogP contribution in [0.2, 0.25) is 0 Å². The van der Waals surface area contributed by atoms with E-state index in [1.807, 2.05) is 0 Å². The normalized spacial score (nSPS) is 11.7. The highest BCUT2D eigenvalue weighted by atomic mass is 32.1. The maximum absolute atomic E-state index is 4.75. The van der Waals surface area contributed by atoms with Gasteiger partial charge in [0.25, 0.3) is 0 Å². The molecule has 0 saturated heterocycles. The molecule has 5 rings (SSSR count). The molecular formula is C22H14S. The van der Waals surface area contributed by atoms with Crippen LogP contribution in [0.4, 0.5) is 0 Å². The molecule has 0 saturated carbocycles. The Bertz CT molecular complexity index is 1220. The molecule has 0 unspecified atom stereocenters. The lowest BCUT2D eigenvalue weighted by atomic mass is 9.93. The van der Waals surface area contributed by atoms with Gasteiger partial charge in [0.2, 0.25) is 0 Å². The van der Waals surface area contributed by atoms with Gasteiger partial charge < -0.3 is 0 Å². The molecule has 0 spiro atoms. The molecule has 5 aromatic carbocycles. The minimum Gasteiger partial charge on any atom is -0.143 e. The van der Waals surface area contributed by atoms with E-state index in [4.69, 9.17) is 12.6 Å². The molecule has 0 atom stereocenters. The van der Waals surface area contributed by atoms with E-state index in [0.29, 0.717) is 0 Å². The fraction of sp³-hybridized carbons (Fsp3) is 0. The highest BCUT2D eigenvalue weighted by Crippen LogP contribution is 2.39. The van der Waals surface area contributed by atoms with Crippen molar-refractivity contribution >= 4 is 55.7 Å². The Morgan fingerprint density at radius 2 is 1.04 bits per heavy atom. The van der Waals surface area contributed by atoms with Crippen molar-refractivity contribution in [1.82, 2.24) is 0 Å². The van der Waals surface area contributed by atoms with Crippen LogP contribution in [0.25, 0.3) is 43.1 Å². The zero-order valence-corrected chi connectivity index (χ0v) is 13.3. The van der Waals surface area contributed by atoms with Gasteiger partial charge in [-0.15, -0.1) is 12.6 Å². The van der Waals surface area contributed by atoms with Crippen LogP contribution in [-0.4, -0.2) is 0 Å². The Hall–Kier alpha value is -2.51. The smallest absolute Gasteiger partial charge is 0.0125 e. The number of fused-ring (bicyclic) bond motifs is 7. The predicted octanol–water partition coefficient (Wildman–Crippen LogP) is 6.59. The summed E-state index contributed by atoms with van der Waals surface area (Å²) in [6, 6.07) is 28.2. The molecule has 0 heterocycles. The van der Waals surface area contributed by atoms with Gasteiger partial charge >= 0.3 is 0 Å². The summed E-state index contributed by atoms with van der Waals surface area (Å²) in [7, 11) is 0. The van der Waals surface area contributed by atoms with E-state index in [1.165, 1.54) is 43.1 Å². The molecule has 108 valence electrons. The summed E-state index contributed by atoms with van der Waals surface area (Å²) in [5.74, 6) is 0. The fourth-order valence-electron chi connectivity index (χ4n) is 3.67. The summed E-state index contributed by atoms with van der Waals surface area (Å²) in [5, 5.41) is 10.2. The van der Waals surface area contributed by atoms with Gasteiger partial charge in [-0.3, -0.25) is 0 Å². The van der Waals surface area contributed by atoms with E-state index in [-0.39, 0.29) is 0 Å². The Kier molecular flexibility index (Phi) is 2.67. The number of benzene rings is 5. The minimum atomic E-state index is 1.04. The van der Waals surface area contributed by atoms with E-state index >= 15 is 0 Å². The lowest BCUT2D eigenvalue weighted by Gasteiger charge is -2.12. The maximum atomic E-state index is 4.75. The van der Waals surface area contributed by atoms with Gasteiger partial charge in [-0.1, -0.05) is 72.8 Å². The zero-order chi connectivity index (χ0) is 15.4. The molecular weight excluding hydrogens is 296 g/mol. The summed E-state index contributed by atoms with van der Waals surface area (Å²) in [6.07, 6.45) is 0. The maximum Gasteiger partial charge on any atom is 0.0125 e. The van der Waals surface area contributed by atoms with Crippen LogP contribution in [0, 0.1) is 0 Å². The van der Waals surface area contributed by atoms with E-state index in [0.717, 1.165) is 4.90 Å². The number of thiol groups is 1. The van der Waals surface area contributed by atoms with Gasteiger partial charge in [0.15, 0.2) is 0 Å². The van der Waals surface area contributed by atoms with Gasteiger partial charge in [0, 0.05) is 4.90 Å². The van der Waals surface area contributed by atoms with Crippen LogP contribution in [0.1, 0.15) is 0 Å². The molecule has 0 aliphatic heterocycles. The van der Waals surface area contributed by atoms with Crippen molar-refractivity contribution in [2.45, 2.75) is 4.90 Å². The molecule has 0 amide bonds. The zero-order valence-electron chi connectivity index (χ0n) is 12.5. The fourth-order valence-corrected chi connectivity index (χ4v) is 3.99. The summed E-state index contributed by atoms with van der Waals surface area (Å²) in [4.78, 5) is 1.04. The van der Waals surface area contributed by atoms with Crippen molar-refractivity contribution in [3.05, 3.63) is 78.9 Å². The lowest BCUT2D eigenvalue weighted by Crippen LogP contribution is -1.85. The molecule has 0 radical (unpaired) electrons. The molecule has 0 N–H and O–H groups in total. The van der Waals surface area contributed by atoms with Gasteiger partial charge in [0.05, 0.1) is 0 Å². The summed E-state index contributed by atoms with van der Waals surface area (Å²) in [6.45, 7) is 0. The average Bonchev–Trinajstić information content (AvgIpc) is 2.61. The second-order valence-corrected chi connectivity index (χ2v) is 6.47. The second-order valence-electron chi connectivity index (χ2n) is 5.99. The quantitative estimate of drug-likeness (QED) is 0.242. The van der Waals surface area contributed by atoms with Crippen molar-refractivity contribution in [3.8, 4) is 0 Å². The highest BCUT2D eigenvalue weighted by molar-refractivity contribution is 7.80. The average molecular weight is 310 g/mol. The van der Waals surface area contributed by atoms with Gasteiger partial charge in [-0.05, 0) is 49.2 Å². The third-order valence-electron chi connectivity index (χ3n) is 4.71. The standard InChI is InChI=1S/C22H14S/c23-20-13-16-10-9-14-5-1-3-7-17(14)21(16)22-18-8-4-2-6-15(18)11-12-19(20)22/h1-13,23H. The summed E-state index contributed by atoms with van der Waals surface area (Å²) in [5.41, 5.74) is 0. The Balaban J connectivity index is 2.21. The van der Waals surface area contributed by atoms with Crippen LogP contribution in [0.15, 0.2) is 83.8 Å². The molecule has 0 aliphatic rings. The number of rotatable bonds is 0. The lowest BCUT2D eigenvalue weighted by molar-refractivity contribution is 1.62. The number of hydrogen-bond acceptors (Lipinski definition) is 1. The van der Waals surface area contributed by atoms with Crippen molar-refractivity contribution in [2.75, 3.05) is 0 Å². The van der Waals surface area contributed by atoms with Crippen molar-refractivity contribution in [1.29, 1.82) is 0 Å². The highest BCUT2D eigenvalue weighted by Gasteiger charge is 2.10. The SMILES string of the molecule is Sc1cc2ccc3ccccc3c2c2c1ccc1ccccc12. The molecule has 0 fully saturated rings. The van der Waals surface area contributed by atoms with Crippen molar-refractivity contribution in [3.63, 3.8) is 0 Å². The molecule has 0 nitrogen and oxygen atoms in total. The van der Waals surface area contributed by atoms with Gasteiger partial charge in [0.1, 0.15) is 0 Å². The first-order chi connectivity index (χ1) is 11.3. The van der Waals surface area contributed by atoms with Crippen LogP contribution in [0.5, 0.6) is 0 Å². The third-order valence-corrected chi connectivity index (χ3v) is 5.08.